The molecule has 0 saturated heterocycles. The second kappa shape index (κ2) is 5.81. The van der Waals surface area contributed by atoms with Gasteiger partial charge >= 0.3 is 0 Å². The fraction of sp³-hybridized carbons (Fsp3) is 0.800. The highest BCUT2D eigenvalue weighted by Gasteiger charge is 2.39. The first-order valence-electron chi connectivity index (χ1n) is 6.71. The van der Waals surface area contributed by atoms with Crippen LogP contribution in [-0.2, 0) is 4.79 Å². The molecule has 1 aliphatic carbocycles. The normalized spacial score (nSPS) is 28.6. The van der Waals surface area contributed by atoms with E-state index in [0.717, 1.165) is 19.3 Å². The third-order valence-corrected chi connectivity index (χ3v) is 3.84. The Labute approximate surface area is 105 Å². The van der Waals surface area contributed by atoms with Gasteiger partial charge in [0.25, 0.3) is 0 Å². The Kier molecular flexibility index (Phi) is 4.93. The zero-order chi connectivity index (χ0) is 13.1. The molecule has 1 aliphatic rings. The number of carbonyl (C=O) groups excluding carboxylic acids is 1. The molecule has 98 valence electrons. The van der Waals surface area contributed by atoms with Crippen LogP contribution >= 0.6 is 0 Å². The summed E-state index contributed by atoms with van der Waals surface area (Å²) >= 11 is 0. The Morgan fingerprint density at radius 3 is 2.65 bits per heavy atom. The van der Waals surface area contributed by atoms with Crippen LogP contribution in [0, 0.1) is 11.8 Å². The van der Waals surface area contributed by atoms with E-state index in [0.29, 0.717) is 18.8 Å². The molecular formula is C15H26O2. The highest BCUT2D eigenvalue weighted by Crippen LogP contribution is 2.35. The van der Waals surface area contributed by atoms with Gasteiger partial charge in [0.15, 0.2) is 0 Å². The zero-order valence-corrected chi connectivity index (χ0v) is 11.6. The first kappa shape index (κ1) is 14.4. The SMILES string of the molecule is CC(C)=CCC[C@@](C)(O)[C@@H]1CC[C@@H](C)CC1=O. The molecule has 3 atom stereocenters. The summed E-state index contributed by atoms with van der Waals surface area (Å²) in [6, 6.07) is 0. The van der Waals surface area contributed by atoms with E-state index in [1.54, 1.807) is 0 Å². The van der Waals surface area contributed by atoms with Crippen molar-refractivity contribution in [2.24, 2.45) is 11.8 Å². The minimum absolute atomic E-state index is 0.149. The molecule has 1 N–H and O–H groups in total. The molecule has 1 saturated carbocycles. The van der Waals surface area contributed by atoms with Crippen molar-refractivity contribution in [2.75, 3.05) is 0 Å². The van der Waals surface area contributed by atoms with Gasteiger partial charge < -0.3 is 5.11 Å². The smallest absolute Gasteiger partial charge is 0.139 e. The van der Waals surface area contributed by atoms with Crippen LogP contribution in [0.5, 0.6) is 0 Å². The van der Waals surface area contributed by atoms with Gasteiger partial charge in [0.2, 0.25) is 0 Å². The fourth-order valence-electron chi connectivity index (χ4n) is 2.69. The number of allylic oxidation sites excluding steroid dienone is 2. The van der Waals surface area contributed by atoms with Crippen LogP contribution in [0.1, 0.15) is 59.8 Å². The number of hydrogen-bond donors (Lipinski definition) is 1. The topological polar surface area (TPSA) is 37.3 Å². The summed E-state index contributed by atoms with van der Waals surface area (Å²) in [4.78, 5) is 12.0. The molecular weight excluding hydrogens is 212 g/mol. The van der Waals surface area contributed by atoms with E-state index in [4.69, 9.17) is 0 Å². The van der Waals surface area contributed by atoms with Gasteiger partial charge in [0, 0.05) is 12.3 Å². The second-order valence-electron chi connectivity index (χ2n) is 6.08. The van der Waals surface area contributed by atoms with Crippen LogP contribution in [-0.4, -0.2) is 16.5 Å². The van der Waals surface area contributed by atoms with Crippen molar-refractivity contribution >= 4 is 5.78 Å². The Bertz CT molecular complexity index is 298. The molecule has 0 aliphatic heterocycles. The van der Waals surface area contributed by atoms with E-state index in [9.17, 15) is 9.90 Å². The molecule has 2 nitrogen and oxygen atoms in total. The summed E-state index contributed by atoms with van der Waals surface area (Å²) in [5.41, 5.74) is 0.438. The maximum absolute atomic E-state index is 12.0. The molecule has 0 radical (unpaired) electrons. The molecule has 0 aromatic heterocycles. The number of carbonyl (C=O) groups is 1. The van der Waals surface area contributed by atoms with Crippen LogP contribution in [0.4, 0.5) is 0 Å². The monoisotopic (exact) mass is 238 g/mol. The standard InChI is InChI=1S/C15H26O2/c1-11(2)6-5-9-15(4,17)13-8-7-12(3)10-14(13)16/h6,12-13,17H,5,7-10H2,1-4H3/t12-,13-,15-/m1/s1. The predicted octanol–water partition coefficient (Wildman–Crippen LogP) is 3.49. The molecule has 0 amide bonds. The third-order valence-electron chi connectivity index (χ3n) is 3.84. The number of ketones is 1. The first-order valence-corrected chi connectivity index (χ1v) is 6.71. The van der Waals surface area contributed by atoms with Gasteiger partial charge in [-0.15, -0.1) is 0 Å². The maximum Gasteiger partial charge on any atom is 0.139 e. The molecule has 1 rings (SSSR count). The van der Waals surface area contributed by atoms with Crippen LogP contribution < -0.4 is 0 Å². The predicted molar refractivity (Wildman–Crippen MR) is 70.8 cm³/mol. The lowest BCUT2D eigenvalue weighted by atomic mass is 9.72. The molecule has 17 heavy (non-hydrogen) atoms. The molecule has 0 spiro atoms. The van der Waals surface area contributed by atoms with Crippen molar-refractivity contribution in [1.29, 1.82) is 0 Å². The molecule has 0 aromatic rings. The first-order chi connectivity index (χ1) is 7.83. The fourth-order valence-corrected chi connectivity index (χ4v) is 2.69. The van der Waals surface area contributed by atoms with E-state index in [1.165, 1.54) is 5.57 Å². The van der Waals surface area contributed by atoms with Crippen molar-refractivity contribution in [2.45, 2.75) is 65.4 Å². The summed E-state index contributed by atoms with van der Waals surface area (Å²) in [7, 11) is 0. The van der Waals surface area contributed by atoms with Crippen LogP contribution in [0.15, 0.2) is 11.6 Å². The van der Waals surface area contributed by atoms with E-state index >= 15 is 0 Å². The second-order valence-corrected chi connectivity index (χ2v) is 6.08. The minimum atomic E-state index is -0.830. The van der Waals surface area contributed by atoms with Crippen molar-refractivity contribution < 1.29 is 9.90 Å². The van der Waals surface area contributed by atoms with Crippen LogP contribution in [0.3, 0.4) is 0 Å². The van der Waals surface area contributed by atoms with Gasteiger partial charge in [0.1, 0.15) is 5.78 Å². The van der Waals surface area contributed by atoms with Crippen molar-refractivity contribution in [1.82, 2.24) is 0 Å². The highest BCUT2D eigenvalue weighted by molar-refractivity contribution is 5.83. The third kappa shape index (κ3) is 4.27. The van der Waals surface area contributed by atoms with E-state index in [2.05, 4.69) is 26.8 Å². The van der Waals surface area contributed by atoms with Crippen LogP contribution in [0.25, 0.3) is 0 Å². The lowest BCUT2D eigenvalue weighted by molar-refractivity contribution is -0.136. The van der Waals surface area contributed by atoms with Gasteiger partial charge in [-0.3, -0.25) is 4.79 Å². The van der Waals surface area contributed by atoms with Crippen LogP contribution in [0.2, 0.25) is 0 Å². The Morgan fingerprint density at radius 1 is 1.47 bits per heavy atom. The lowest BCUT2D eigenvalue weighted by Gasteiger charge is -2.36. The highest BCUT2D eigenvalue weighted by atomic mass is 16.3. The Morgan fingerprint density at radius 2 is 2.12 bits per heavy atom. The average Bonchev–Trinajstić information content (AvgIpc) is 2.15. The number of hydrogen-bond acceptors (Lipinski definition) is 2. The Hall–Kier alpha value is -0.630. The molecule has 0 aromatic carbocycles. The lowest BCUT2D eigenvalue weighted by Crippen LogP contribution is -2.42. The van der Waals surface area contributed by atoms with E-state index in [1.807, 2.05) is 6.92 Å². The van der Waals surface area contributed by atoms with Crippen molar-refractivity contribution in [3.05, 3.63) is 11.6 Å². The summed E-state index contributed by atoms with van der Waals surface area (Å²) < 4.78 is 0. The zero-order valence-electron chi connectivity index (χ0n) is 11.6. The van der Waals surface area contributed by atoms with Crippen molar-refractivity contribution in [3.63, 3.8) is 0 Å². The van der Waals surface area contributed by atoms with Crippen molar-refractivity contribution in [3.8, 4) is 0 Å². The van der Waals surface area contributed by atoms with E-state index in [-0.39, 0.29) is 11.7 Å². The van der Waals surface area contributed by atoms with Gasteiger partial charge in [-0.1, -0.05) is 18.6 Å². The van der Waals surface area contributed by atoms with Gasteiger partial charge in [0.05, 0.1) is 5.60 Å². The molecule has 0 heterocycles. The molecule has 1 fully saturated rings. The van der Waals surface area contributed by atoms with E-state index < -0.39 is 5.60 Å². The van der Waals surface area contributed by atoms with Gasteiger partial charge in [-0.05, 0) is 52.4 Å². The summed E-state index contributed by atoms with van der Waals surface area (Å²) in [5, 5.41) is 10.5. The quantitative estimate of drug-likeness (QED) is 0.761. The number of aliphatic hydroxyl groups is 1. The summed E-state index contributed by atoms with van der Waals surface area (Å²) in [6.07, 6.45) is 6.22. The Balaban J connectivity index is 2.57. The summed E-state index contributed by atoms with van der Waals surface area (Å²) in [6.45, 7) is 8.06. The number of rotatable bonds is 4. The molecule has 2 heteroatoms. The molecule has 0 unspecified atom stereocenters. The number of Topliss-reactive ketones (excluding diaryl/α,β-unsaturated/α-hetero) is 1. The van der Waals surface area contributed by atoms with Gasteiger partial charge in [-0.2, -0.15) is 0 Å². The molecule has 0 bridgehead atoms. The average molecular weight is 238 g/mol. The van der Waals surface area contributed by atoms with Gasteiger partial charge in [-0.25, -0.2) is 0 Å². The maximum atomic E-state index is 12.0. The summed E-state index contributed by atoms with van der Waals surface area (Å²) in [5.74, 6) is 0.600. The largest absolute Gasteiger partial charge is 0.389 e. The minimum Gasteiger partial charge on any atom is -0.389 e.